The number of benzene rings is 1. The second-order valence-corrected chi connectivity index (χ2v) is 7.21. The minimum absolute atomic E-state index is 0.374. The number of carbonyl (C=O) groups excluding carboxylic acids is 1. The number of thioether (sulfide) groups is 1. The Hall–Kier alpha value is -1.46. The zero-order valence-electron chi connectivity index (χ0n) is 12.4. The first-order valence-electron chi connectivity index (χ1n) is 6.70. The van der Waals surface area contributed by atoms with Crippen LogP contribution in [-0.2, 0) is 10.5 Å². The molecule has 2 N–H and O–H groups in total. The molecule has 0 aliphatic carbocycles. The predicted octanol–water partition coefficient (Wildman–Crippen LogP) is 4.53. The molecule has 0 saturated heterocycles. The van der Waals surface area contributed by atoms with Gasteiger partial charge in [-0.2, -0.15) is 0 Å². The van der Waals surface area contributed by atoms with Crippen molar-refractivity contribution in [2.24, 2.45) is 0 Å². The van der Waals surface area contributed by atoms with Crippen molar-refractivity contribution in [1.82, 2.24) is 0 Å². The Labute approximate surface area is 133 Å². The SMILES string of the molecule is COC(=O)c1cc(CSc2ccc(C(C)C)cc2)sc1N. The van der Waals surface area contributed by atoms with Crippen molar-refractivity contribution < 1.29 is 9.53 Å². The van der Waals surface area contributed by atoms with Crippen LogP contribution in [0.2, 0.25) is 0 Å². The first-order chi connectivity index (χ1) is 10.0. The highest BCUT2D eigenvalue weighted by Crippen LogP contribution is 2.31. The van der Waals surface area contributed by atoms with E-state index >= 15 is 0 Å². The smallest absolute Gasteiger partial charge is 0.340 e. The number of thiophene rings is 1. The molecule has 0 radical (unpaired) electrons. The summed E-state index contributed by atoms with van der Waals surface area (Å²) in [4.78, 5) is 13.8. The van der Waals surface area contributed by atoms with Crippen LogP contribution in [0.4, 0.5) is 5.00 Å². The number of carbonyl (C=O) groups is 1. The van der Waals surface area contributed by atoms with E-state index < -0.39 is 0 Å². The van der Waals surface area contributed by atoms with Gasteiger partial charge in [-0.3, -0.25) is 0 Å². The van der Waals surface area contributed by atoms with Gasteiger partial charge in [0.15, 0.2) is 0 Å². The molecule has 1 aromatic carbocycles. The zero-order chi connectivity index (χ0) is 15.4. The molecule has 3 nitrogen and oxygen atoms in total. The standard InChI is InChI=1S/C16H19NO2S2/c1-10(2)11-4-6-12(7-5-11)20-9-13-8-14(15(17)21-13)16(18)19-3/h4-8,10H,9,17H2,1-3H3. The lowest BCUT2D eigenvalue weighted by molar-refractivity contribution is 0.0602. The molecule has 2 rings (SSSR count). The minimum atomic E-state index is -0.374. The third-order valence-electron chi connectivity index (χ3n) is 3.15. The van der Waals surface area contributed by atoms with Crippen molar-refractivity contribution in [2.75, 3.05) is 12.8 Å². The highest BCUT2D eigenvalue weighted by molar-refractivity contribution is 7.98. The van der Waals surface area contributed by atoms with Gasteiger partial charge in [0.1, 0.15) is 5.00 Å². The lowest BCUT2D eigenvalue weighted by Crippen LogP contribution is -2.01. The Kier molecular flexibility index (Phi) is 5.31. The fraction of sp³-hybridized carbons (Fsp3) is 0.312. The van der Waals surface area contributed by atoms with Crippen LogP contribution in [0, 0.1) is 0 Å². The number of hydrogen-bond donors (Lipinski definition) is 1. The number of ether oxygens (including phenoxy) is 1. The molecule has 0 fully saturated rings. The summed E-state index contributed by atoms with van der Waals surface area (Å²) in [7, 11) is 1.37. The molecule has 21 heavy (non-hydrogen) atoms. The third kappa shape index (κ3) is 4.02. The molecule has 0 atom stereocenters. The number of nitrogen functional groups attached to an aromatic ring is 1. The molecule has 0 amide bonds. The maximum atomic E-state index is 11.5. The topological polar surface area (TPSA) is 52.3 Å². The highest BCUT2D eigenvalue weighted by Gasteiger charge is 2.14. The van der Waals surface area contributed by atoms with Gasteiger partial charge in [0.05, 0.1) is 12.7 Å². The second-order valence-electron chi connectivity index (χ2n) is 4.99. The van der Waals surface area contributed by atoms with Gasteiger partial charge in [-0.15, -0.1) is 23.1 Å². The van der Waals surface area contributed by atoms with E-state index in [4.69, 9.17) is 10.5 Å². The Morgan fingerprint density at radius 1 is 1.33 bits per heavy atom. The van der Waals surface area contributed by atoms with Gasteiger partial charge in [0.25, 0.3) is 0 Å². The highest BCUT2D eigenvalue weighted by atomic mass is 32.2. The Bertz CT molecular complexity index is 618. The average Bonchev–Trinajstić information content (AvgIpc) is 2.86. The van der Waals surface area contributed by atoms with Gasteiger partial charge in [0, 0.05) is 15.5 Å². The average molecular weight is 321 g/mol. The van der Waals surface area contributed by atoms with Crippen molar-refractivity contribution >= 4 is 34.1 Å². The Morgan fingerprint density at radius 3 is 2.57 bits per heavy atom. The molecule has 0 unspecified atom stereocenters. The lowest BCUT2D eigenvalue weighted by atomic mass is 10.0. The summed E-state index contributed by atoms with van der Waals surface area (Å²) in [5.41, 5.74) is 7.65. The number of rotatable bonds is 5. The van der Waals surface area contributed by atoms with E-state index in [0.29, 0.717) is 16.5 Å². The van der Waals surface area contributed by atoms with Gasteiger partial charge < -0.3 is 10.5 Å². The van der Waals surface area contributed by atoms with E-state index in [0.717, 1.165) is 10.6 Å². The largest absolute Gasteiger partial charge is 0.465 e. The maximum absolute atomic E-state index is 11.5. The quantitative estimate of drug-likeness (QED) is 0.649. The van der Waals surface area contributed by atoms with E-state index in [1.54, 1.807) is 11.8 Å². The predicted molar refractivity (Wildman–Crippen MR) is 90.2 cm³/mol. The number of nitrogens with two attached hydrogens (primary N) is 1. The van der Waals surface area contributed by atoms with Crippen molar-refractivity contribution in [1.29, 1.82) is 0 Å². The number of hydrogen-bond acceptors (Lipinski definition) is 5. The lowest BCUT2D eigenvalue weighted by Gasteiger charge is -2.06. The van der Waals surface area contributed by atoms with Gasteiger partial charge >= 0.3 is 5.97 Å². The number of anilines is 1. The molecule has 5 heteroatoms. The van der Waals surface area contributed by atoms with Crippen LogP contribution in [0.5, 0.6) is 0 Å². The van der Waals surface area contributed by atoms with Gasteiger partial charge in [-0.05, 0) is 29.7 Å². The molecule has 0 spiro atoms. The van der Waals surface area contributed by atoms with Crippen LogP contribution in [0.1, 0.15) is 40.6 Å². The summed E-state index contributed by atoms with van der Waals surface area (Å²) < 4.78 is 4.71. The summed E-state index contributed by atoms with van der Waals surface area (Å²) in [5.74, 6) is 0.970. The van der Waals surface area contributed by atoms with E-state index in [1.807, 2.05) is 6.07 Å². The van der Waals surface area contributed by atoms with Crippen LogP contribution >= 0.6 is 23.1 Å². The number of methoxy groups -OCH3 is 1. The van der Waals surface area contributed by atoms with E-state index in [2.05, 4.69) is 38.1 Å². The van der Waals surface area contributed by atoms with Gasteiger partial charge in [0.2, 0.25) is 0 Å². The first-order valence-corrected chi connectivity index (χ1v) is 8.50. The van der Waals surface area contributed by atoms with Crippen molar-refractivity contribution in [3.8, 4) is 0 Å². The fourth-order valence-electron chi connectivity index (χ4n) is 1.90. The van der Waals surface area contributed by atoms with Gasteiger partial charge in [-0.1, -0.05) is 26.0 Å². The van der Waals surface area contributed by atoms with Crippen LogP contribution in [-0.4, -0.2) is 13.1 Å². The molecule has 1 heterocycles. The summed E-state index contributed by atoms with van der Waals surface area (Å²) in [6, 6.07) is 10.4. The first kappa shape index (κ1) is 15.9. The molecule has 0 aliphatic rings. The fourth-order valence-corrected chi connectivity index (χ4v) is 3.75. The second kappa shape index (κ2) is 7.00. The molecule has 1 aromatic heterocycles. The molecular weight excluding hydrogens is 302 g/mol. The van der Waals surface area contributed by atoms with Gasteiger partial charge in [-0.25, -0.2) is 4.79 Å². The molecule has 0 aliphatic heterocycles. The maximum Gasteiger partial charge on any atom is 0.340 e. The van der Waals surface area contributed by atoms with Crippen molar-refractivity contribution in [3.05, 3.63) is 46.3 Å². The zero-order valence-corrected chi connectivity index (χ0v) is 14.0. The van der Waals surface area contributed by atoms with Crippen molar-refractivity contribution in [3.63, 3.8) is 0 Å². The van der Waals surface area contributed by atoms with E-state index in [-0.39, 0.29) is 5.97 Å². The number of esters is 1. The monoisotopic (exact) mass is 321 g/mol. The molecule has 0 bridgehead atoms. The minimum Gasteiger partial charge on any atom is -0.465 e. The molecule has 0 saturated carbocycles. The van der Waals surface area contributed by atoms with E-state index in [9.17, 15) is 4.79 Å². The molecule has 112 valence electrons. The van der Waals surface area contributed by atoms with Crippen LogP contribution in [0.3, 0.4) is 0 Å². The summed E-state index contributed by atoms with van der Waals surface area (Å²) in [5, 5.41) is 0.521. The van der Waals surface area contributed by atoms with Crippen LogP contribution in [0.15, 0.2) is 35.2 Å². The molecule has 2 aromatic rings. The van der Waals surface area contributed by atoms with Crippen LogP contribution < -0.4 is 5.73 Å². The van der Waals surface area contributed by atoms with E-state index in [1.165, 1.54) is 28.9 Å². The normalized spacial score (nSPS) is 10.9. The Morgan fingerprint density at radius 2 is 2.00 bits per heavy atom. The van der Waals surface area contributed by atoms with Crippen molar-refractivity contribution in [2.45, 2.75) is 30.4 Å². The summed E-state index contributed by atoms with van der Waals surface area (Å²) >= 11 is 3.18. The Balaban J connectivity index is 2.01. The summed E-state index contributed by atoms with van der Waals surface area (Å²) in [6.45, 7) is 4.37. The molecular formula is C16H19NO2S2. The van der Waals surface area contributed by atoms with Crippen LogP contribution in [0.25, 0.3) is 0 Å². The third-order valence-corrected chi connectivity index (χ3v) is 5.35. The summed E-state index contributed by atoms with van der Waals surface area (Å²) in [6.07, 6.45) is 0.